The van der Waals surface area contributed by atoms with Crippen molar-refractivity contribution in [2.24, 2.45) is 17.8 Å². The topological polar surface area (TPSA) is 72.9 Å². The number of rotatable bonds is 15. The van der Waals surface area contributed by atoms with Gasteiger partial charge in [0.25, 0.3) is 0 Å². The van der Waals surface area contributed by atoms with Crippen LogP contribution in [0.25, 0.3) is 0 Å². The second-order valence-corrected chi connectivity index (χ2v) is 9.06. The molecule has 1 saturated carbocycles. The van der Waals surface area contributed by atoms with Gasteiger partial charge in [-0.25, -0.2) is 4.79 Å². The molecule has 0 amide bonds. The summed E-state index contributed by atoms with van der Waals surface area (Å²) in [6.07, 6.45) is 16.0. The normalized spacial score (nSPS) is 22.2. The van der Waals surface area contributed by atoms with Crippen LogP contribution in [0, 0.1) is 17.8 Å². The fourth-order valence-corrected chi connectivity index (χ4v) is 4.43. The third-order valence-electron chi connectivity index (χ3n) is 5.99. The first-order valence-electron chi connectivity index (χ1n) is 12.0. The van der Waals surface area contributed by atoms with Crippen LogP contribution < -0.4 is 0 Å². The van der Waals surface area contributed by atoms with Crippen molar-refractivity contribution in [3.63, 3.8) is 0 Å². The molecule has 1 aliphatic rings. The van der Waals surface area contributed by atoms with E-state index in [2.05, 4.69) is 38.1 Å². The maximum Gasteiger partial charge on any atom is 0.347 e. The standard InChI is InChI=1S/C26H43NO5/c1-6-7-8-9-10-12-15-22-21(19-27(3)4)18-24(29)23(22)16-13-11-14-17-25(26(30)31-5)32-20(2)28/h11-13,15,21-23,25H,6-10,14,16-19H2,1-5H3/b13-11-,15-12+/t21-,22-,23+,25?/m0/s1. The SMILES string of the molecule is CCCCCC/C=C/[C@H]1[C@H](CN(C)C)CC(=O)[C@@H]1C/C=C\CCC(OC(C)=O)C(=O)OC. The molecule has 0 N–H and O–H groups in total. The van der Waals surface area contributed by atoms with E-state index in [-0.39, 0.29) is 11.8 Å². The highest BCUT2D eigenvalue weighted by Crippen LogP contribution is 2.38. The molecule has 1 rings (SSSR count). The van der Waals surface area contributed by atoms with Gasteiger partial charge in [-0.2, -0.15) is 0 Å². The van der Waals surface area contributed by atoms with Crippen molar-refractivity contribution in [3.8, 4) is 0 Å². The van der Waals surface area contributed by atoms with E-state index >= 15 is 0 Å². The number of unbranched alkanes of at least 4 members (excludes halogenated alkanes) is 4. The monoisotopic (exact) mass is 449 g/mol. The first-order valence-corrected chi connectivity index (χ1v) is 12.0. The Morgan fingerprint density at radius 3 is 2.50 bits per heavy atom. The summed E-state index contributed by atoms with van der Waals surface area (Å²) in [6.45, 7) is 4.41. The number of ketones is 1. The largest absolute Gasteiger partial charge is 0.466 e. The molecule has 6 nitrogen and oxygen atoms in total. The quantitative estimate of drug-likeness (QED) is 0.204. The number of carbonyl (C=O) groups is 3. The van der Waals surface area contributed by atoms with Crippen molar-refractivity contribution in [1.82, 2.24) is 4.90 Å². The number of hydrogen-bond acceptors (Lipinski definition) is 6. The number of esters is 2. The minimum atomic E-state index is -0.886. The number of nitrogens with zero attached hydrogens (tertiary/aromatic N) is 1. The molecule has 0 aromatic carbocycles. The molecule has 4 atom stereocenters. The number of hydrogen-bond donors (Lipinski definition) is 0. The molecule has 0 aliphatic heterocycles. The third-order valence-corrected chi connectivity index (χ3v) is 5.99. The molecule has 1 aliphatic carbocycles. The molecule has 0 bridgehead atoms. The van der Waals surface area contributed by atoms with Crippen LogP contribution in [0.3, 0.4) is 0 Å². The van der Waals surface area contributed by atoms with Crippen LogP contribution in [0.15, 0.2) is 24.3 Å². The molecule has 6 heteroatoms. The van der Waals surface area contributed by atoms with Crippen molar-refractivity contribution >= 4 is 17.7 Å². The lowest BCUT2D eigenvalue weighted by molar-refractivity contribution is -0.165. The van der Waals surface area contributed by atoms with Gasteiger partial charge in [0.15, 0.2) is 6.10 Å². The fourth-order valence-electron chi connectivity index (χ4n) is 4.43. The summed E-state index contributed by atoms with van der Waals surface area (Å²) in [5.41, 5.74) is 0. The molecule has 0 aromatic heterocycles. The maximum atomic E-state index is 12.8. The van der Waals surface area contributed by atoms with E-state index in [0.29, 0.717) is 37.4 Å². The number of carbonyl (C=O) groups excluding carboxylic acids is 3. The van der Waals surface area contributed by atoms with E-state index in [1.54, 1.807) is 0 Å². The molecule has 0 heterocycles. The van der Waals surface area contributed by atoms with Crippen molar-refractivity contribution in [3.05, 3.63) is 24.3 Å². The second kappa shape index (κ2) is 15.8. The summed E-state index contributed by atoms with van der Waals surface area (Å²) in [4.78, 5) is 37.8. The molecule has 0 aromatic rings. The number of allylic oxidation sites excluding steroid dienone is 4. The van der Waals surface area contributed by atoms with E-state index in [9.17, 15) is 14.4 Å². The lowest BCUT2D eigenvalue weighted by atomic mass is 9.86. The number of ether oxygens (including phenoxy) is 2. The Labute approximate surface area is 194 Å². The predicted molar refractivity (Wildman–Crippen MR) is 127 cm³/mol. The predicted octanol–water partition coefficient (Wildman–Crippen LogP) is 4.73. The van der Waals surface area contributed by atoms with Crippen LogP contribution >= 0.6 is 0 Å². The Kier molecular flexibility index (Phi) is 13.9. The Hall–Kier alpha value is -1.95. The van der Waals surface area contributed by atoms with Crippen molar-refractivity contribution in [1.29, 1.82) is 0 Å². The highest BCUT2D eigenvalue weighted by Gasteiger charge is 2.40. The lowest BCUT2D eigenvalue weighted by Gasteiger charge is -2.23. The zero-order valence-electron chi connectivity index (χ0n) is 20.7. The summed E-state index contributed by atoms with van der Waals surface area (Å²) in [6, 6.07) is 0. The molecule has 0 spiro atoms. The summed E-state index contributed by atoms with van der Waals surface area (Å²) in [5.74, 6) is -0.0741. The Morgan fingerprint density at radius 2 is 1.88 bits per heavy atom. The summed E-state index contributed by atoms with van der Waals surface area (Å²) in [5, 5.41) is 0. The number of methoxy groups -OCH3 is 1. The van der Waals surface area contributed by atoms with Gasteiger partial charge in [0.05, 0.1) is 7.11 Å². The van der Waals surface area contributed by atoms with Crippen molar-refractivity contribution < 1.29 is 23.9 Å². The van der Waals surface area contributed by atoms with E-state index in [1.165, 1.54) is 39.7 Å². The summed E-state index contributed by atoms with van der Waals surface area (Å²) >= 11 is 0. The molecule has 32 heavy (non-hydrogen) atoms. The van der Waals surface area contributed by atoms with E-state index in [4.69, 9.17) is 9.47 Å². The highest BCUT2D eigenvalue weighted by atomic mass is 16.6. The average Bonchev–Trinajstić information content (AvgIpc) is 3.02. The summed E-state index contributed by atoms with van der Waals surface area (Å²) < 4.78 is 9.73. The molecule has 182 valence electrons. The average molecular weight is 450 g/mol. The van der Waals surface area contributed by atoms with Gasteiger partial charge in [0.2, 0.25) is 0 Å². The fraction of sp³-hybridized carbons (Fsp3) is 0.731. The van der Waals surface area contributed by atoms with Crippen molar-refractivity contribution in [2.75, 3.05) is 27.7 Å². The van der Waals surface area contributed by atoms with Crippen LogP contribution in [-0.4, -0.2) is 56.5 Å². The van der Waals surface area contributed by atoms with Crippen LogP contribution in [0.5, 0.6) is 0 Å². The van der Waals surface area contributed by atoms with Crippen LogP contribution in [0.4, 0.5) is 0 Å². The van der Waals surface area contributed by atoms with Gasteiger partial charge in [0.1, 0.15) is 5.78 Å². The van der Waals surface area contributed by atoms with E-state index in [1.807, 2.05) is 12.2 Å². The molecule has 1 fully saturated rings. The molecule has 0 saturated heterocycles. The van der Waals surface area contributed by atoms with E-state index in [0.717, 1.165) is 13.0 Å². The molecule has 0 radical (unpaired) electrons. The smallest absolute Gasteiger partial charge is 0.347 e. The van der Waals surface area contributed by atoms with Gasteiger partial charge in [-0.15, -0.1) is 0 Å². The minimum absolute atomic E-state index is 0.00738. The Bertz CT molecular complexity index is 640. The molecular weight excluding hydrogens is 406 g/mol. The van der Waals surface area contributed by atoms with Crippen LogP contribution in [0.1, 0.15) is 71.6 Å². The summed E-state index contributed by atoms with van der Waals surface area (Å²) in [7, 11) is 5.40. The lowest BCUT2D eigenvalue weighted by Crippen LogP contribution is -2.27. The first-order chi connectivity index (χ1) is 15.3. The zero-order valence-corrected chi connectivity index (χ0v) is 20.7. The van der Waals surface area contributed by atoms with Crippen LogP contribution in [0.2, 0.25) is 0 Å². The van der Waals surface area contributed by atoms with E-state index < -0.39 is 18.0 Å². The van der Waals surface area contributed by atoms with Crippen molar-refractivity contribution in [2.45, 2.75) is 77.7 Å². The first kappa shape index (κ1) is 28.1. The Morgan fingerprint density at radius 1 is 1.12 bits per heavy atom. The van der Waals surface area contributed by atoms with Gasteiger partial charge < -0.3 is 14.4 Å². The zero-order chi connectivity index (χ0) is 23.9. The minimum Gasteiger partial charge on any atom is -0.466 e. The molecular formula is C26H43NO5. The third kappa shape index (κ3) is 10.6. The Balaban J connectivity index is 2.66. The van der Waals surface area contributed by atoms with Gasteiger partial charge in [-0.3, -0.25) is 9.59 Å². The molecule has 1 unspecified atom stereocenters. The maximum absolute atomic E-state index is 12.8. The van der Waals surface area contributed by atoms with Gasteiger partial charge >= 0.3 is 11.9 Å². The second-order valence-electron chi connectivity index (χ2n) is 9.06. The highest BCUT2D eigenvalue weighted by molar-refractivity contribution is 5.84. The van der Waals surface area contributed by atoms with Crippen LogP contribution in [-0.2, 0) is 23.9 Å². The van der Waals surface area contributed by atoms with Gasteiger partial charge in [0, 0.05) is 25.8 Å². The van der Waals surface area contributed by atoms with Gasteiger partial charge in [-0.1, -0.05) is 50.5 Å². The number of Topliss-reactive ketones (excluding diaryl/α,β-unsaturated/α-hetero) is 1. The van der Waals surface area contributed by atoms with Gasteiger partial charge in [-0.05, 0) is 58.0 Å².